The summed E-state index contributed by atoms with van der Waals surface area (Å²) in [6, 6.07) is 3.87. The van der Waals surface area contributed by atoms with Gasteiger partial charge < -0.3 is 14.8 Å². The van der Waals surface area contributed by atoms with Gasteiger partial charge in [-0.15, -0.1) is 0 Å². The first kappa shape index (κ1) is 15.6. The minimum atomic E-state index is -0.894. The molecule has 0 spiro atoms. The van der Waals surface area contributed by atoms with Crippen molar-refractivity contribution in [2.24, 2.45) is 0 Å². The number of aryl methyl sites for hydroxylation is 2. The molecule has 0 saturated carbocycles. The largest absolute Gasteiger partial charge is 0.478 e. The molecule has 0 fully saturated rings. The number of rotatable bonds is 6. The lowest BCUT2D eigenvalue weighted by atomic mass is 9.98. The predicted octanol–water partition coefficient (Wildman–Crippen LogP) is 3.41. The van der Waals surface area contributed by atoms with E-state index in [1.165, 1.54) is 5.56 Å². The van der Waals surface area contributed by atoms with Gasteiger partial charge in [0.05, 0.1) is 11.1 Å². The highest BCUT2D eigenvalue weighted by atomic mass is 16.4. The highest BCUT2D eigenvalue weighted by Gasteiger charge is 2.18. The van der Waals surface area contributed by atoms with Crippen molar-refractivity contribution in [2.75, 3.05) is 6.61 Å². The minimum absolute atomic E-state index is 0.103. The van der Waals surface area contributed by atoms with Crippen LogP contribution in [0.15, 0.2) is 18.3 Å². The fourth-order valence-electron chi connectivity index (χ4n) is 2.77. The Kier molecular flexibility index (Phi) is 4.68. The molecule has 2 N–H and O–H groups in total. The monoisotopic (exact) mass is 289 g/mol. The maximum absolute atomic E-state index is 11.6. The van der Waals surface area contributed by atoms with Gasteiger partial charge in [0.1, 0.15) is 0 Å². The predicted molar refractivity (Wildman–Crippen MR) is 84.1 cm³/mol. The summed E-state index contributed by atoms with van der Waals surface area (Å²) in [5.74, 6) is -0.564. The van der Waals surface area contributed by atoms with Crippen LogP contribution >= 0.6 is 0 Å². The van der Waals surface area contributed by atoms with Crippen LogP contribution in [0.1, 0.15) is 54.6 Å². The van der Waals surface area contributed by atoms with Crippen molar-refractivity contribution in [1.82, 2.24) is 4.57 Å². The van der Waals surface area contributed by atoms with Crippen molar-refractivity contribution in [1.29, 1.82) is 0 Å². The van der Waals surface area contributed by atoms with Gasteiger partial charge in [-0.05, 0) is 42.0 Å². The van der Waals surface area contributed by atoms with Crippen molar-refractivity contribution in [3.05, 3.63) is 35.0 Å². The molecule has 1 aromatic carbocycles. The maximum Gasteiger partial charge on any atom is 0.337 e. The second-order valence-electron chi connectivity index (χ2n) is 5.71. The van der Waals surface area contributed by atoms with Gasteiger partial charge >= 0.3 is 5.97 Å². The SMILES string of the molecule is CCc1cc(C(=O)O)c2c(c1)c(C(C)C)cn2CCCO. The molecule has 1 aromatic heterocycles. The number of hydrogen-bond acceptors (Lipinski definition) is 2. The third kappa shape index (κ3) is 2.95. The molecule has 4 heteroatoms. The Labute approximate surface area is 125 Å². The summed E-state index contributed by atoms with van der Waals surface area (Å²) in [5.41, 5.74) is 3.34. The van der Waals surface area contributed by atoms with E-state index < -0.39 is 5.97 Å². The number of aromatic nitrogens is 1. The molecule has 1 heterocycles. The number of carboxylic acids is 1. The van der Waals surface area contributed by atoms with E-state index in [9.17, 15) is 9.90 Å². The Balaban J connectivity index is 2.76. The quantitative estimate of drug-likeness (QED) is 0.856. The number of carboxylic acid groups (broad SMARTS) is 1. The van der Waals surface area contributed by atoms with Crippen molar-refractivity contribution in [3.8, 4) is 0 Å². The summed E-state index contributed by atoms with van der Waals surface area (Å²) in [4.78, 5) is 11.6. The molecular formula is C17H23NO3. The van der Waals surface area contributed by atoms with E-state index in [0.29, 0.717) is 24.4 Å². The zero-order chi connectivity index (χ0) is 15.6. The number of aliphatic hydroxyl groups is 1. The first-order valence-electron chi connectivity index (χ1n) is 7.49. The summed E-state index contributed by atoms with van der Waals surface area (Å²) >= 11 is 0. The van der Waals surface area contributed by atoms with Gasteiger partial charge in [0.15, 0.2) is 0 Å². The van der Waals surface area contributed by atoms with Gasteiger partial charge in [-0.1, -0.05) is 20.8 Å². The molecule has 0 radical (unpaired) electrons. The lowest BCUT2D eigenvalue weighted by molar-refractivity contribution is 0.0698. The molecule has 0 aliphatic heterocycles. The number of hydrogen-bond donors (Lipinski definition) is 2. The number of nitrogens with zero attached hydrogens (tertiary/aromatic N) is 1. The van der Waals surface area contributed by atoms with Gasteiger partial charge in [0.25, 0.3) is 0 Å². The third-order valence-electron chi connectivity index (χ3n) is 3.88. The van der Waals surface area contributed by atoms with Gasteiger partial charge in [-0.25, -0.2) is 4.79 Å². The second kappa shape index (κ2) is 6.31. The minimum Gasteiger partial charge on any atom is -0.478 e. The van der Waals surface area contributed by atoms with Crippen molar-refractivity contribution in [3.63, 3.8) is 0 Å². The van der Waals surface area contributed by atoms with Crippen LogP contribution in [0.4, 0.5) is 0 Å². The smallest absolute Gasteiger partial charge is 0.337 e. The summed E-state index contributed by atoms with van der Waals surface area (Å²) in [6.07, 6.45) is 3.47. The number of carbonyl (C=O) groups is 1. The lowest BCUT2D eigenvalue weighted by Gasteiger charge is -2.09. The summed E-state index contributed by atoms with van der Waals surface area (Å²) < 4.78 is 1.98. The van der Waals surface area contributed by atoms with Crippen LogP contribution in [-0.2, 0) is 13.0 Å². The van der Waals surface area contributed by atoms with Crippen LogP contribution in [-0.4, -0.2) is 27.4 Å². The van der Waals surface area contributed by atoms with Gasteiger partial charge in [-0.3, -0.25) is 0 Å². The molecule has 0 aliphatic rings. The van der Waals surface area contributed by atoms with Crippen molar-refractivity contribution >= 4 is 16.9 Å². The van der Waals surface area contributed by atoms with Gasteiger partial charge in [0, 0.05) is 24.7 Å². The Morgan fingerprint density at radius 1 is 1.33 bits per heavy atom. The molecule has 0 aliphatic carbocycles. The van der Waals surface area contributed by atoms with E-state index in [0.717, 1.165) is 22.9 Å². The lowest BCUT2D eigenvalue weighted by Crippen LogP contribution is -2.05. The van der Waals surface area contributed by atoms with E-state index in [1.54, 1.807) is 6.07 Å². The Morgan fingerprint density at radius 3 is 2.57 bits per heavy atom. The maximum atomic E-state index is 11.6. The highest BCUT2D eigenvalue weighted by molar-refractivity contribution is 6.04. The highest BCUT2D eigenvalue weighted by Crippen LogP contribution is 2.31. The average Bonchev–Trinajstić information content (AvgIpc) is 2.82. The van der Waals surface area contributed by atoms with Crippen LogP contribution in [0.5, 0.6) is 0 Å². The molecule has 0 saturated heterocycles. The second-order valence-corrected chi connectivity index (χ2v) is 5.71. The van der Waals surface area contributed by atoms with Crippen LogP contribution in [0.2, 0.25) is 0 Å². The van der Waals surface area contributed by atoms with Gasteiger partial charge in [-0.2, -0.15) is 0 Å². The molecule has 0 amide bonds. The Bertz CT molecular complexity index is 656. The number of fused-ring (bicyclic) bond motifs is 1. The van der Waals surface area contributed by atoms with E-state index in [1.807, 2.05) is 17.7 Å². The van der Waals surface area contributed by atoms with E-state index in [-0.39, 0.29) is 6.61 Å². The normalized spacial score (nSPS) is 11.5. The fraction of sp³-hybridized carbons (Fsp3) is 0.471. The van der Waals surface area contributed by atoms with Gasteiger partial charge in [0.2, 0.25) is 0 Å². The first-order valence-corrected chi connectivity index (χ1v) is 7.49. The molecule has 0 atom stereocenters. The van der Waals surface area contributed by atoms with Crippen molar-refractivity contribution < 1.29 is 15.0 Å². The van der Waals surface area contributed by atoms with E-state index >= 15 is 0 Å². The molecule has 21 heavy (non-hydrogen) atoms. The number of benzene rings is 1. The zero-order valence-corrected chi connectivity index (χ0v) is 12.9. The number of aromatic carboxylic acids is 1. The van der Waals surface area contributed by atoms with Crippen LogP contribution in [0.25, 0.3) is 10.9 Å². The van der Waals surface area contributed by atoms with E-state index in [4.69, 9.17) is 5.11 Å². The standard InChI is InChI=1S/C17H23NO3/c1-4-12-8-13-15(11(2)3)10-18(6-5-7-19)16(13)14(9-12)17(20)21/h8-11,19H,4-7H2,1-3H3,(H,20,21). The van der Waals surface area contributed by atoms with Crippen LogP contribution in [0.3, 0.4) is 0 Å². The molecule has 114 valence electrons. The Hall–Kier alpha value is -1.81. The first-order chi connectivity index (χ1) is 9.99. The molecule has 2 rings (SSSR count). The average molecular weight is 289 g/mol. The van der Waals surface area contributed by atoms with Crippen LogP contribution < -0.4 is 0 Å². The van der Waals surface area contributed by atoms with Crippen molar-refractivity contribution in [2.45, 2.75) is 46.1 Å². The van der Waals surface area contributed by atoms with Crippen LogP contribution in [0, 0.1) is 0 Å². The van der Waals surface area contributed by atoms with E-state index in [2.05, 4.69) is 19.9 Å². The molecule has 2 aromatic rings. The molecule has 4 nitrogen and oxygen atoms in total. The Morgan fingerprint density at radius 2 is 2.05 bits per heavy atom. The fourth-order valence-corrected chi connectivity index (χ4v) is 2.77. The zero-order valence-electron chi connectivity index (χ0n) is 12.9. The summed E-state index contributed by atoms with van der Waals surface area (Å²) in [5, 5.41) is 19.6. The topological polar surface area (TPSA) is 62.5 Å². The number of aliphatic hydroxyl groups excluding tert-OH is 1. The summed E-state index contributed by atoms with van der Waals surface area (Å²) in [7, 11) is 0. The molecular weight excluding hydrogens is 266 g/mol. The third-order valence-corrected chi connectivity index (χ3v) is 3.88. The molecule has 0 bridgehead atoms. The molecule has 0 unspecified atom stereocenters. The summed E-state index contributed by atoms with van der Waals surface area (Å²) in [6.45, 7) is 7.00.